The molecule has 56 valence electrons. The van der Waals surface area contributed by atoms with Gasteiger partial charge in [0.15, 0.2) is 0 Å². The Bertz CT molecular complexity index is 161. The summed E-state index contributed by atoms with van der Waals surface area (Å²) in [5, 5.41) is 18.3. The predicted octanol–water partition coefficient (Wildman–Crippen LogP) is 0.614. The highest BCUT2D eigenvalue weighted by Crippen LogP contribution is 2.15. The average molecular weight is 140 g/mol. The Labute approximate surface area is 60.5 Å². The van der Waals surface area contributed by atoms with Crippen LogP contribution in [-0.4, -0.2) is 22.4 Å². The zero-order valence-corrected chi connectivity index (χ0v) is 5.83. The molecule has 1 rings (SSSR count). The van der Waals surface area contributed by atoms with Gasteiger partial charge in [0.05, 0.1) is 12.2 Å². The highest BCUT2D eigenvalue weighted by molar-refractivity contribution is 5.21. The van der Waals surface area contributed by atoms with Crippen LogP contribution in [0.5, 0.6) is 0 Å². The van der Waals surface area contributed by atoms with Crippen molar-refractivity contribution in [2.24, 2.45) is 0 Å². The summed E-state index contributed by atoms with van der Waals surface area (Å²) >= 11 is 0. The van der Waals surface area contributed by atoms with Crippen LogP contribution in [0.15, 0.2) is 24.3 Å². The summed E-state index contributed by atoms with van der Waals surface area (Å²) in [6, 6.07) is 0. The maximum atomic E-state index is 9.22. The third-order valence-electron chi connectivity index (χ3n) is 1.66. The molecule has 2 heteroatoms. The molecule has 2 N–H and O–H groups in total. The lowest BCUT2D eigenvalue weighted by atomic mass is 10.1. The first-order valence-corrected chi connectivity index (χ1v) is 3.41. The van der Waals surface area contributed by atoms with Gasteiger partial charge in [0.25, 0.3) is 0 Å². The van der Waals surface area contributed by atoms with E-state index in [4.69, 9.17) is 5.11 Å². The number of aliphatic hydroxyl groups is 2. The van der Waals surface area contributed by atoms with E-state index in [0.29, 0.717) is 18.4 Å². The predicted molar refractivity (Wildman–Crippen MR) is 39.5 cm³/mol. The molecule has 2 unspecified atom stereocenters. The van der Waals surface area contributed by atoms with Crippen molar-refractivity contribution in [3.8, 4) is 0 Å². The molecule has 0 aromatic carbocycles. The van der Waals surface area contributed by atoms with Crippen molar-refractivity contribution in [3.63, 3.8) is 0 Å². The lowest BCUT2D eigenvalue weighted by Gasteiger charge is -2.10. The Balaban J connectivity index is 2.62. The van der Waals surface area contributed by atoms with E-state index in [1.807, 2.05) is 6.08 Å². The van der Waals surface area contributed by atoms with Gasteiger partial charge in [0, 0.05) is 6.42 Å². The highest BCUT2D eigenvalue weighted by atomic mass is 16.3. The van der Waals surface area contributed by atoms with Gasteiger partial charge in [-0.15, -0.1) is 0 Å². The van der Waals surface area contributed by atoms with Crippen LogP contribution in [0.3, 0.4) is 0 Å². The molecule has 0 radical (unpaired) electrons. The van der Waals surface area contributed by atoms with Crippen LogP contribution in [-0.2, 0) is 0 Å². The lowest BCUT2D eigenvalue weighted by molar-refractivity contribution is 0.105. The second-order valence-electron chi connectivity index (χ2n) is 2.62. The summed E-state index contributed by atoms with van der Waals surface area (Å²) in [7, 11) is 0. The Kier molecular flexibility index (Phi) is 2.25. The van der Waals surface area contributed by atoms with Crippen LogP contribution < -0.4 is 0 Å². The normalized spacial score (nSPS) is 34.0. The van der Waals surface area contributed by atoms with Gasteiger partial charge >= 0.3 is 0 Å². The summed E-state index contributed by atoms with van der Waals surface area (Å²) in [5.74, 6) is 0. The molecule has 2 nitrogen and oxygen atoms in total. The molecule has 0 spiro atoms. The topological polar surface area (TPSA) is 40.5 Å². The van der Waals surface area contributed by atoms with E-state index < -0.39 is 12.2 Å². The fourth-order valence-electron chi connectivity index (χ4n) is 0.993. The average Bonchev–Trinajstić information content (AvgIpc) is 1.96. The summed E-state index contributed by atoms with van der Waals surface area (Å²) in [6.45, 7) is 3.64. The van der Waals surface area contributed by atoms with Crippen molar-refractivity contribution in [2.45, 2.75) is 25.0 Å². The van der Waals surface area contributed by atoms with Crippen LogP contribution in [0.25, 0.3) is 0 Å². The van der Waals surface area contributed by atoms with Crippen molar-refractivity contribution in [1.82, 2.24) is 0 Å². The Morgan fingerprint density at radius 3 is 2.90 bits per heavy atom. The van der Waals surface area contributed by atoms with E-state index in [-0.39, 0.29) is 0 Å². The molecule has 0 aliphatic heterocycles. The molecule has 0 amide bonds. The molecule has 0 saturated carbocycles. The fourth-order valence-corrected chi connectivity index (χ4v) is 0.993. The molecule has 0 saturated heterocycles. The van der Waals surface area contributed by atoms with Gasteiger partial charge in [-0.1, -0.05) is 18.7 Å². The van der Waals surface area contributed by atoms with Crippen LogP contribution >= 0.6 is 0 Å². The Morgan fingerprint density at radius 2 is 2.20 bits per heavy atom. The first kappa shape index (κ1) is 7.51. The monoisotopic (exact) mass is 140 g/mol. The zero-order chi connectivity index (χ0) is 7.56. The highest BCUT2D eigenvalue weighted by Gasteiger charge is 2.14. The fraction of sp³-hybridized carbons (Fsp3) is 0.500. The number of hydrogen-bond acceptors (Lipinski definition) is 2. The van der Waals surface area contributed by atoms with Gasteiger partial charge in [-0.25, -0.2) is 0 Å². The van der Waals surface area contributed by atoms with Gasteiger partial charge < -0.3 is 10.2 Å². The standard InChI is InChI=1S/C8H12O2/c1-6-3-2-4-7(9)5-8(6)10/h2-3,7-10H,1,4-5H2. The minimum atomic E-state index is -0.561. The molecule has 10 heavy (non-hydrogen) atoms. The minimum Gasteiger partial charge on any atom is -0.393 e. The summed E-state index contributed by atoms with van der Waals surface area (Å²) in [4.78, 5) is 0. The summed E-state index contributed by atoms with van der Waals surface area (Å²) in [6.07, 6.45) is 3.66. The van der Waals surface area contributed by atoms with Crippen molar-refractivity contribution in [2.75, 3.05) is 0 Å². The molecule has 1 aliphatic carbocycles. The van der Waals surface area contributed by atoms with Crippen molar-refractivity contribution < 1.29 is 10.2 Å². The second-order valence-corrected chi connectivity index (χ2v) is 2.62. The molecular weight excluding hydrogens is 128 g/mol. The quantitative estimate of drug-likeness (QED) is 0.517. The number of rotatable bonds is 0. The molecule has 0 fully saturated rings. The molecule has 0 bridgehead atoms. The van der Waals surface area contributed by atoms with Crippen LogP contribution in [0.4, 0.5) is 0 Å². The molecule has 0 aromatic heterocycles. The van der Waals surface area contributed by atoms with E-state index in [2.05, 4.69) is 6.58 Å². The molecule has 1 aliphatic rings. The van der Waals surface area contributed by atoms with Gasteiger partial charge in [0.2, 0.25) is 0 Å². The first-order valence-electron chi connectivity index (χ1n) is 3.41. The molecule has 0 heterocycles. The van der Waals surface area contributed by atoms with Gasteiger partial charge in [-0.05, 0) is 12.0 Å². The number of aliphatic hydroxyl groups excluding tert-OH is 2. The summed E-state index contributed by atoms with van der Waals surface area (Å²) < 4.78 is 0. The SMILES string of the molecule is C=C1C=CCC(O)CC1O. The molecule has 2 atom stereocenters. The number of hydrogen-bond donors (Lipinski definition) is 2. The first-order chi connectivity index (χ1) is 4.70. The smallest absolute Gasteiger partial charge is 0.0809 e. The van der Waals surface area contributed by atoms with Crippen LogP contribution in [0.2, 0.25) is 0 Å². The maximum absolute atomic E-state index is 9.22. The minimum absolute atomic E-state index is 0.409. The van der Waals surface area contributed by atoms with Crippen molar-refractivity contribution in [1.29, 1.82) is 0 Å². The van der Waals surface area contributed by atoms with Crippen LogP contribution in [0.1, 0.15) is 12.8 Å². The van der Waals surface area contributed by atoms with E-state index in [9.17, 15) is 5.11 Å². The molecular formula is C8H12O2. The Hall–Kier alpha value is -0.600. The Morgan fingerprint density at radius 1 is 1.50 bits per heavy atom. The largest absolute Gasteiger partial charge is 0.393 e. The van der Waals surface area contributed by atoms with E-state index in [1.165, 1.54) is 0 Å². The third-order valence-corrected chi connectivity index (χ3v) is 1.66. The zero-order valence-electron chi connectivity index (χ0n) is 5.83. The maximum Gasteiger partial charge on any atom is 0.0809 e. The van der Waals surface area contributed by atoms with E-state index in [0.717, 1.165) is 0 Å². The van der Waals surface area contributed by atoms with Gasteiger partial charge in [-0.2, -0.15) is 0 Å². The second kappa shape index (κ2) is 2.99. The van der Waals surface area contributed by atoms with Crippen molar-refractivity contribution >= 4 is 0 Å². The lowest BCUT2D eigenvalue weighted by Crippen LogP contribution is -2.15. The van der Waals surface area contributed by atoms with Gasteiger partial charge in [0.1, 0.15) is 0 Å². The van der Waals surface area contributed by atoms with Gasteiger partial charge in [-0.3, -0.25) is 0 Å². The summed E-state index contributed by atoms with van der Waals surface area (Å²) in [5.41, 5.74) is 0.691. The van der Waals surface area contributed by atoms with E-state index >= 15 is 0 Å². The van der Waals surface area contributed by atoms with Crippen molar-refractivity contribution in [3.05, 3.63) is 24.3 Å². The molecule has 0 aromatic rings. The van der Waals surface area contributed by atoms with E-state index in [1.54, 1.807) is 6.08 Å². The van der Waals surface area contributed by atoms with Crippen LogP contribution in [0, 0.1) is 0 Å². The third kappa shape index (κ3) is 1.69.